The van der Waals surface area contributed by atoms with Crippen LogP contribution >= 0.6 is 11.6 Å². The molecule has 2 heterocycles. The van der Waals surface area contributed by atoms with Crippen molar-refractivity contribution < 1.29 is 4.79 Å². The van der Waals surface area contributed by atoms with Gasteiger partial charge in [-0.05, 0) is 37.3 Å². The SMILES string of the molecule is Cc1nc(Nc2cccc(NC(=O)c3cc4cccc(Cl)c4[nH]3)c2)cc(-c2ccccc2)n1. The topological polar surface area (TPSA) is 82.7 Å². The molecule has 0 saturated carbocycles. The molecule has 1 amide bonds. The Bertz CT molecular complexity index is 1460. The van der Waals surface area contributed by atoms with Crippen LogP contribution in [0.5, 0.6) is 0 Å². The fourth-order valence-corrected chi connectivity index (χ4v) is 3.88. The number of aromatic amines is 1. The summed E-state index contributed by atoms with van der Waals surface area (Å²) < 4.78 is 0. The minimum absolute atomic E-state index is 0.247. The zero-order valence-electron chi connectivity index (χ0n) is 17.8. The van der Waals surface area contributed by atoms with Gasteiger partial charge in [-0.25, -0.2) is 9.97 Å². The molecule has 162 valence electrons. The third-order valence-corrected chi connectivity index (χ3v) is 5.47. The molecule has 0 fully saturated rings. The monoisotopic (exact) mass is 453 g/mol. The highest BCUT2D eigenvalue weighted by Crippen LogP contribution is 2.26. The molecular formula is C26H20ClN5O. The number of para-hydroxylation sites is 1. The highest BCUT2D eigenvalue weighted by atomic mass is 35.5. The average molecular weight is 454 g/mol. The summed E-state index contributed by atoms with van der Waals surface area (Å²) in [5.41, 5.74) is 4.50. The number of rotatable bonds is 5. The molecule has 5 aromatic rings. The number of aromatic nitrogens is 3. The summed E-state index contributed by atoms with van der Waals surface area (Å²) in [5.74, 6) is 1.10. The molecule has 0 bridgehead atoms. The van der Waals surface area contributed by atoms with Gasteiger partial charge in [0.05, 0.1) is 16.2 Å². The van der Waals surface area contributed by atoms with E-state index in [4.69, 9.17) is 11.6 Å². The number of nitrogens with zero attached hydrogens (tertiary/aromatic N) is 2. The molecule has 0 radical (unpaired) electrons. The number of H-pyrrole nitrogens is 1. The van der Waals surface area contributed by atoms with Crippen LogP contribution in [0.25, 0.3) is 22.2 Å². The second-order valence-electron chi connectivity index (χ2n) is 7.60. The Morgan fingerprint density at radius 3 is 2.48 bits per heavy atom. The van der Waals surface area contributed by atoms with Crippen molar-refractivity contribution in [2.75, 3.05) is 10.6 Å². The maximum atomic E-state index is 12.8. The largest absolute Gasteiger partial charge is 0.349 e. The molecule has 0 aliphatic rings. The molecule has 5 rings (SSSR count). The molecule has 0 unspecified atom stereocenters. The van der Waals surface area contributed by atoms with Gasteiger partial charge in [-0.1, -0.05) is 60.1 Å². The minimum Gasteiger partial charge on any atom is -0.349 e. The van der Waals surface area contributed by atoms with Gasteiger partial charge in [0.1, 0.15) is 17.3 Å². The standard InChI is InChI=1S/C26H20ClN5O/c1-16-28-22(17-7-3-2-4-8-17)15-24(29-16)30-19-10-6-11-20(14-19)31-26(33)23-13-18-9-5-12-21(27)25(18)32-23/h2-15,32H,1H3,(H,31,33)(H,28,29,30). The summed E-state index contributed by atoms with van der Waals surface area (Å²) in [6, 6.07) is 26.7. The van der Waals surface area contributed by atoms with Gasteiger partial charge in [-0.15, -0.1) is 0 Å². The van der Waals surface area contributed by atoms with Crippen LogP contribution in [-0.4, -0.2) is 20.9 Å². The van der Waals surface area contributed by atoms with Crippen LogP contribution in [0, 0.1) is 6.92 Å². The highest BCUT2D eigenvalue weighted by Gasteiger charge is 2.12. The number of aryl methyl sites for hydroxylation is 1. The van der Waals surface area contributed by atoms with Crippen LogP contribution in [0.15, 0.2) is 84.9 Å². The number of hydrogen-bond donors (Lipinski definition) is 3. The molecule has 0 atom stereocenters. The van der Waals surface area contributed by atoms with Gasteiger partial charge in [0.15, 0.2) is 0 Å². The predicted octanol–water partition coefficient (Wildman–Crippen LogP) is 6.58. The first-order valence-corrected chi connectivity index (χ1v) is 10.8. The van der Waals surface area contributed by atoms with E-state index in [0.717, 1.165) is 27.8 Å². The number of halogens is 1. The Labute approximate surface area is 195 Å². The molecule has 0 saturated heterocycles. The lowest BCUT2D eigenvalue weighted by atomic mass is 10.1. The molecule has 2 aromatic heterocycles. The number of amides is 1. The van der Waals surface area contributed by atoms with Crippen LogP contribution in [0.2, 0.25) is 5.02 Å². The number of anilines is 3. The Morgan fingerprint density at radius 2 is 1.67 bits per heavy atom. The van der Waals surface area contributed by atoms with E-state index in [1.165, 1.54) is 0 Å². The third-order valence-electron chi connectivity index (χ3n) is 5.15. The molecule has 0 spiro atoms. The maximum Gasteiger partial charge on any atom is 0.272 e. The summed E-state index contributed by atoms with van der Waals surface area (Å²) in [4.78, 5) is 24.9. The number of benzene rings is 3. The first-order valence-electron chi connectivity index (χ1n) is 10.4. The van der Waals surface area contributed by atoms with E-state index in [2.05, 4.69) is 25.6 Å². The third kappa shape index (κ3) is 4.56. The van der Waals surface area contributed by atoms with Gasteiger partial charge >= 0.3 is 0 Å². The number of fused-ring (bicyclic) bond motifs is 1. The molecule has 6 nitrogen and oxygen atoms in total. The zero-order chi connectivity index (χ0) is 22.8. The fourth-order valence-electron chi connectivity index (χ4n) is 3.65. The summed E-state index contributed by atoms with van der Waals surface area (Å²) in [7, 11) is 0. The van der Waals surface area contributed by atoms with Crippen molar-refractivity contribution in [2.45, 2.75) is 6.92 Å². The lowest BCUT2D eigenvalue weighted by Gasteiger charge is -2.11. The van der Waals surface area contributed by atoms with Crippen molar-refractivity contribution in [2.24, 2.45) is 0 Å². The van der Waals surface area contributed by atoms with Crippen LogP contribution in [0.1, 0.15) is 16.3 Å². The van der Waals surface area contributed by atoms with Crippen molar-refractivity contribution in [3.8, 4) is 11.3 Å². The molecule has 33 heavy (non-hydrogen) atoms. The van der Waals surface area contributed by atoms with Gasteiger partial charge in [-0.2, -0.15) is 0 Å². The second-order valence-corrected chi connectivity index (χ2v) is 8.01. The van der Waals surface area contributed by atoms with Crippen molar-refractivity contribution >= 4 is 45.6 Å². The minimum atomic E-state index is -0.247. The Morgan fingerprint density at radius 1 is 0.879 bits per heavy atom. The van der Waals surface area contributed by atoms with E-state index in [-0.39, 0.29) is 5.91 Å². The molecule has 3 aromatic carbocycles. The molecule has 0 aliphatic heterocycles. The van der Waals surface area contributed by atoms with Crippen LogP contribution < -0.4 is 10.6 Å². The normalized spacial score (nSPS) is 10.8. The number of carbonyl (C=O) groups excluding carboxylic acids is 1. The summed E-state index contributed by atoms with van der Waals surface area (Å²) >= 11 is 6.21. The van der Waals surface area contributed by atoms with Crippen molar-refractivity contribution in [1.29, 1.82) is 0 Å². The summed E-state index contributed by atoms with van der Waals surface area (Å²) in [6.45, 7) is 1.86. The summed E-state index contributed by atoms with van der Waals surface area (Å²) in [5, 5.41) is 7.70. The second kappa shape index (κ2) is 8.76. The van der Waals surface area contributed by atoms with Gasteiger partial charge in [0.25, 0.3) is 5.91 Å². The van der Waals surface area contributed by atoms with Crippen molar-refractivity contribution in [1.82, 2.24) is 15.0 Å². The van der Waals surface area contributed by atoms with Crippen LogP contribution in [0.3, 0.4) is 0 Å². The van der Waals surface area contributed by atoms with E-state index < -0.39 is 0 Å². The zero-order valence-corrected chi connectivity index (χ0v) is 18.5. The number of nitrogens with one attached hydrogen (secondary N) is 3. The van der Waals surface area contributed by atoms with Gasteiger partial charge in [-0.3, -0.25) is 4.79 Å². The summed E-state index contributed by atoms with van der Waals surface area (Å²) in [6.07, 6.45) is 0. The van der Waals surface area contributed by atoms with Crippen LogP contribution in [-0.2, 0) is 0 Å². The molecule has 7 heteroatoms. The quantitative estimate of drug-likeness (QED) is 0.280. The van der Waals surface area contributed by atoms with E-state index in [9.17, 15) is 4.79 Å². The van der Waals surface area contributed by atoms with E-state index in [1.54, 1.807) is 12.1 Å². The number of hydrogen-bond acceptors (Lipinski definition) is 4. The molecule has 3 N–H and O–H groups in total. The maximum absolute atomic E-state index is 12.8. The molecule has 0 aliphatic carbocycles. The van der Waals surface area contributed by atoms with Crippen LogP contribution in [0.4, 0.5) is 17.2 Å². The first kappa shape index (κ1) is 20.7. The van der Waals surface area contributed by atoms with E-state index >= 15 is 0 Å². The Hall–Kier alpha value is -4.16. The lowest BCUT2D eigenvalue weighted by molar-refractivity contribution is 0.102. The average Bonchev–Trinajstić information content (AvgIpc) is 3.26. The van der Waals surface area contributed by atoms with Gasteiger partial charge < -0.3 is 15.6 Å². The Balaban J connectivity index is 1.36. The first-order chi connectivity index (χ1) is 16.0. The number of carbonyl (C=O) groups is 1. The highest BCUT2D eigenvalue weighted by molar-refractivity contribution is 6.35. The van der Waals surface area contributed by atoms with Gasteiger partial charge in [0, 0.05) is 28.4 Å². The van der Waals surface area contributed by atoms with E-state index in [0.29, 0.717) is 28.0 Å². The fraction of sp³-hybridized carbons (Fsp3) is 0.0385. The van der Waals surface area contributed by atoms with Crippen molar-refractivity contribution in [3.63, 3.8) is 0 Å². The predicted molar refractivity (Wildman–Crippen MR) is 133 cm³/mol. The van der Waals surface area contributed by atoms with E-state index in [1.807, 2.05) is 79.7 Å². The Kier molecular flexibility index (Phi) is 5.50. The smallest absolute Gasteiger partial charge is 0.272 e. The van der Waals surface area contributed by atoms with Crippen molar-refractivity contribution in [3.05, 3.63) is 101 Å². The molecular weight excluding hydrogens is 434 g/mol. The lowest BCUT2D eigenvalue weighted by Crippen LogP contribution is -2.12. The van der Waals surface area contributed by atoms with Gasteiger partial charge in [0.2, 0.25) is 0 Å².